The van der Waals surface area contributed by atoms with Crippen molar-refractivity contribution in [2.24, 2.45) is 0 Å². The topological polar surface area (TPSA) is 86.8 Å². The summed E-state index contributed by atoms with van der Waals surface area (Å²) in [6, 6.07) is 12.5. The van der Waals surface area contributed by atoms with Crippen molar-refractivity contribution in [3.8, 4) is 0 Å². The number of hydrogen-bond acceptors (Lipinski definition) is 4. The van der Waals surface area contributed by atoms with Gasteiger partial charge in [-0.05, 0) is 54.8 Å². The van der Waals surface area contributed by atoms with Gasteiger partial charge in [0, 0.05) is 25.7 Å². The van der Waals surface area contributed by atoms with E-state index in [-0.39, 0.29) is 29.2 Å². The Morgan fingerprint density at radius 2 is 1.80 bits per heavy atom. The van der Waals surface area contributed by atoms with Crippen molar-refractivity contribution in [1.82, 2.24) is 9.62 Å². The molecule has 0 radical (unpaired) electrons. The number of rotatable bonds is 4. The molecule has 0 bridgehead atoms. The van der Waals surface area contributed by atoms with Gasteiger partial charge in [-0.25, -0.2) is 13.1 Å². The molecule has 2 aromatic carbocycles. The monoisotopic (exact) mass is 427 g/mol. The highest BCUT2D eigenvalue weighted by atomic mass is 32.2. The summed E-state index contributed by atoms with van der Waals surface area (Å²) in [6.45, 7) is 2.65. The van der Waals surface area contributed by atoms with Crippen LogP contribution in [0.3, 0.4) is 0 Å². The second-order valence-electron chi connectivity index (χ2n) is 7.67. The number of anilines is 1. The lowest BCUT2D eigenvalue weighted by molar-refractivity contribution is -0.133. The van der Waals surface area contributed by atoms with E-state index in [1.165, 1.54) is 18.7 Å². The molecule has 1 unspecified atom stereocenters. The largest absolute Gasteiger partial charge is 0.335 e. The minimum absolute atomic E-state index is 0.0361. The summed E-state index contributed by atoms with van der Waals surface area (Å²) >= 11 is 0. The summed E-state index contributed by atoms with van der Waals surface area (Å²) in [4.78, 5) is 29.2. The summed E-state index contributed by atoms with van der Waals surface area (Å²) in [5, 5.41) is 0. The van der Waals surface area contributed by atoms with Gasteiger partial charge in [0.15, 0.2) is 0 Å². The Morgan fingerprint density at radius 3 is 2.53 bits per heavy atom. The lowest BCUT2D eigenvalue weighted by Crippen LogP contribution is -2.42. The number of carbonyl (C=O) groups excluding carboxylic acids is 2. The van der Waals surface area contributed by atoms with Gasteiger partial charge in [-0.3, -0.25) is 9.59 Å². The summed E-state index contributed by atoms with van der Waals surface area (Å²) in [5.41, 5.74) is 3.79. The number of hydrogen-bond donors (Lipinski definition) is 1. The van der Waals surface area contributed by atoms with Crippen molar-refractivity contribution < 1.29 is 18.0 Å². The van der Waals surface area contributed by atoms with Gasteiger partial charge in [0.25, 0.3) is 0 Å². The minimum Gasteiger partial charge on any atom is -0.335 e. The zero-order chi connectivity index (χ0) is 21.5. The maximum absolute atomic E-state index is 13.2. The van der Waals surface area contributed by atoms with E-state index in [1.807, 2.05) is 18.2 Å². The fraction of sp³-hybridized carbons (Fsp3) is 0.364. The standard InChI is InChI=1S/C22H25N3O4S/c1-15(26)24-11-9-16-5-3-4-6-19(16)21(24)14-22(27)25-12-10-17-13-18(7-8-20(17)25)30(28,29)23-2/h3-8,13,21,23H,9-12,14H2,1-2H3. The third-order valence-electron chi connectivity index (χ3n) is 6.01. The summed E-state index contributed by atoms with van der Waals surface area (Å²) in [7, 11) is -2.15. The van der Waals surface area contributed by atoms with E-state index in [9.17, 15) is 18.0 Å². The fourth-order valence-electron chi connectivity index (χ4n) is 4.45. The quantitative estimate of drug-likeness (QED) is 0.809. The second-order valence-corrected chi connectivity index (χ2v) is 9.56. The van der Waals surface area contributed by atoms with Gasteiger partial charge >= 0.3 is 0 Å². The zero-order valence-corrected chi connectivity index (χ0v) is 17.9. The zero-order valence-electron chi connectivity index (χ0n) is 17.1. The van der Waals surface area contributed by atoms with E-state index in [0.29, 0.717) is 19.5 Å². The molecule has 158 valence electrons. The normalized spacial score (nSPS) is 18.1. The molecule has 7 nitrogen and oxygen atoms in total. The second kappa shape index (κ2) is 7.85. The van der Waals surface area contributed by atoms with Crippen molar-refractivity contribution in [3.63, 3.8) is 0 Å². The molecule has 0 saturated carbocycles. The van der Waals surface area contributed by atoms with E-state index in [0.717, 1.165) is 23.2 Å². The van der Waals surface area contributed by atoms with Gasteiger partial charge in [0.1, 0.15) is 0 Å². The third kappa shape index (κ3) is 3.61. The van der Waals surface area contributed by atoms with Gasteiger partial charge in [-0.1, -0.05) is 24.3 Å². The Kier molecular flexibility index (Phi) is 5.38. The molecule has 0 fully saturated rings. The Labute approximate surface area is 176 Å². The first-order valence-corrected chi connectivity index (χ1v) is 11.5. The van der Waals surface area contributed by atoms with Crippen LogP contribution in [-0.2, 0) is 32.5 Å². The molecule has 1 N–H and O–H groups in total. The SMILES string of the molecule is CNS(=O)(=O)c1ccc2c(c1)CCN2C(=O)CC1c2ccccc2CCN1C(C)=O. The van der Waals surface area contributed by atoms with Gasteiger partial charge in [0.05, 0.1) is 17.4 Å². The molecule has 2 heterocycles. The Bertz CT molecular complexity index is 1110. The van der Waals surface area contributed by atoms with Crippen LogP contribution < -0.4 is 9.62 Å². The van der Waals surface area contributed by atoms with Crippen LogP contribution in [0.4, 0.5) is 5.69 Å². The molecule has 0 aliphatic carbocycles. The molecular formula is C22H25N3O4S. The van der Waals surface area contributed by atoms with E-state index < -0.39 is 10.0 Å². The summed E-state index contributed by atoms with van der Waals surface area (Å²) in [6.07, 6.45) is 1.59. The van der Waals surface area contributed by atoms with E-state index >= 15 is 0 Å². The van der Waals surface area contributed by atoms with Gasteiger partial charge in [-0.15, -0.1) is 0 Å². The minimum atomic E-state index is -3.53. The Balaban J connectivity index is 1.60. The Morgan fingerprint density at radius 1 is 1.07 bits per heavy atom. The number of nitrogens with zero attached hydrogens (tertiary/aromatic N) is 2. The predicted molar refractivity (Wildman–Crippen MR) is 114 cm³/mol. The van der Waals surface area contributed by atoms with E-state index in [4.69, 9.17) is 0 Å². The number of amides is 2. The molecule has 2 aliphatic rings. The van der Waals surface area contributed by atoms with Crippen molar-refractivity contribution in [2.45, 2.75) is 37.1 Å². The molecule has 0 aromatic heterocycles. The van der Waals surface area contributed by atoms with Crippen LogP contribution in [0.15, 0.2) is 47.4 Å². The first-order chi connectivity index (χ1) is 14.3. The number of fused-ring (bicyclic) bond motifs is 2. The number of benzene rings is 2. The molecular weight excluding hydrogens is 402 g/mol. The van der Waals surface area contributed by atoms with Crippen molar-refractivity contribution in [1.29, 1.82) is 0 Å². The van der Waals surface area contributed by atoms with Crippen LogP contribution in [0.25, 0.3) is 0 Å². The van der Waals surface area contributed by atoms with Crippen molar-refractivity contribution >= 4 is 27.5 Å². The number of nitrogens with one attached hydrogen (secondary N) is 1. The third-order valence-corrected chi connectivity index (χ3v) is 7.42. The molecule has 0 spiro atoms. The highest BCUT2D eigenvalue weighted by Crippen LogP contribution is 2.35. The smallest absolute Gasteiger partial charge is 0.240 e. The average Bonchev–Trinajstić information content (AvgIpc) is 3.17. The van der Waals surface area contributed by atoms with E-state index in [2.05, 4.69) is 10.8 Å². The predicted octanol–water partition coefficient (Wildman–Crippen LogP) is 2.02. The molecule has 2 aliphatic heterocycles. The molecule has 1 atom stereocenters. The highest BCUT2D eigenvalue weighted by Gasteiger charge is 2.34. The summed E-state index contributed by atoms with van der Waals surface area (Å²) in [5.74, 6) is -0.100. The molecule has 0 saturated heterocycles. The maximum atomic E-state index is 13.2. The first-order valence-electron chi connectivity index (χ1n) is 10.0. The lowest BCUT2D eigenvalue weighted by atomic mass is 9.90. The Hall–Kier alpha value is -2.71. The molecule has 2 aromatic rings. The van der Waals surface area contributed by atoms with Crippen LogP contribution >= 0.6 is 0 Å². The number of sulfonamides is 1. The van der Waals surface area contributed by atoms with E-state index in [1.54, 1.807) is 28.9 Å². The van der Waals surface area contributed by atoms with Crippen molar-refractivity contribution in [3.05, 3.63) is 59.2 Å². The average molecular weight is 428 g/mol. The molecule has 4 rings (SSSR count). The van der Waals surface area contributed by atoms with Gasteiger partial charge in [0.2, 0.25) is 21.8 Å². The molecule has 30 heavy (non-hydrogen) atoms. The first kappa shape index (κ1) is 20.6. The number of carbonyl (C=O) groups is 2. The highest BCUT2D eigenvalue weighted by molar-refractivity contribution is 7.89. The van der Waals surface area contributed by atoms with Crippen LogP contribution in [0.1, 0.15) is 36.1 Å². The van der Waals surface area contributed by atoms with Crippen LogP contribution in [0.5, 0.6) is 0 Å². The fourth-order valence-corrected chi connectivity index (χ4v) is 5.23. The van der Waals surface area contributed by atoms with Crippen molar-refractivity contribution in [2.75, 3.05) is 25.0 Å². The molecule has 8 heteroatoms. The van der Waals surface area contributed by atoms with Gasteiger partial charge in [-0.2, -0.15) is 0 Å². The van der Waals surface area contributed by atoms with Gasteiger partial charge < -0.3 is 9.80 Å². The maximum Gasteiger partial charge on any atom is 0.240 e. The van der Waals surface area contributed by atoms with Crippen LogP contribution in [0, 0.1) is 0 Å². The molecule has 2 amide bonds. The van der Waals surface area contributed by atoms with Crippen LogP contribution in [0.2, 0.25) is 0 Å². The summed E-state index contributed by atoms with van der Waals surface area (Å²) < 4.78 is 26.4. The lowest BCUT2D eigenvalue weighted by Gasteiger charge is -2.37. The van der Waals surface area contributed by atoms with Crippen LogP contribution in [-0.4, -0.2) is 45.3 Å².